The summed E-state index contributed by atoms with van der Waals surface area (Å²) in [5.74, 6) is -0.570. The maximum absolute atomic E-state index is 13.3. The molecule has 1 fully saturated rings. The number of esters is 1. The molecule has 27 heavy (non-hydrogen) atoms. The van der Waals surface area contributed by atoms with Crippen LogP contribution in [0.1, 0.15) is 66.2 Å². The molecule has 1 aromatic carbocycles. The molecule has 0 unspecified atom stereocenters. The third kappa shape index (κ3) is 2.82. The zero-order valence-electron chi connectivity index (χ0n) is 15.5. The number of hydrogen-bond acceptors (Lipinski definition) is 5. The monoisotopic (exact) mass is 432 g/mol. The molecule has 2 aromatic rings. The maximum atomic E-state index is 13.3. The van der Waals surface area contributed by atoms with E-state index in [2.05, 4.69) is 20.9 Å². The van der Waals surface area contributed by atoms with Gasteiger partial charge in [-0.15, -0.1) is 0 Å². The summed E-state index contributed by atoms with van der Waals surface area (Å²) in [4.78, 5) is 32.2. The molecule has 0 bridgehead atoms. The van der Waals surface area contributed by atoms with Gasteiger partial charge in [0.15, 0.2) is 5.69 Å². The number of ether oxygens (including phenoxy) is 1. The number of carbonyl (C=O) groups is 2. The van der Waals surface area contributed by atoms with Gasteiger partial charge in [-0.25, -0.2) is 9.78 Å². The fraction of sp³-hybridized carbons (Fsp3) is 0.421. The first kappa shape index (κ1) is 18.0. The van der Waals surface area contributed by atoms with Crippen molar-refractivity contribution in [2.45, 2.75) is 45.3 Å². The van der Waals surface area contributed by atoms with Crippen LogP contribution < -0.4 is 5.73 Å². The molecule has 7 nitrogen and oxygen atoms in total. The summed E-state index contributed by atoms with van der Waals surface area (Å²) in [7, 11) is 0. The first-order chi connectivity index (χ1) is 12.7. The van der Waals surface area contributed by atoms with Gasteiger partial charge in [0, 0.05) is 12.2 Å². The van der Waals surface area contributed by atoms with Crippen LogP contribution in [0.4, 0.5) is 5.69 Å². The maximum Gasteiger partial charge on any atom is 0.359 e. The van der Waals surface area contributed by atoms with Crippen molar-refractivity contribution in [3.8, 4) is 5.69 Å². The Morgan fingerprint density at radius 1 is 1.37 bits per heavy atom. The third-order valence-electron chi connectivity index (χ3n) is 4.85. The minimum absolute atomic E-state index is 0.0921. The van der Waals surface area contributed by atoms with Crippen LogP contribution in [0, 0.1) is 0 Å². The van der Waals surface area contributed by atoms with Gasteiger partial charge in [0.2, 0.25) is 0 Å². The lowest BCUT2D eigenvalue weighted by molar-refractivity contribution is 0.00596. The number of nitrogen functional groups attached to an aromatic ring is 1. The van der Waals surface area contributed by atoms with Gasteiger partial charge in [-0.05, 0) is 61.7 Å². The van der Waals surface area contributed by atoms with Gasteiger partial charge >= 0.3 is 5.97 Å². The quantitative estimate of drug-likeness (QED) is 0.550. The lowest BCUT2D eigenvalue weighted by Crippen LogP contribution is -2.31. The van der Waals surface area contributed by atoms with E-state index in [1.54, 1.807) is 23.4 Å². The largest absolute Gasteiger partial charge is 0.455 e. The number of fused-ring (bicyclic) bond motifs is 5. The number of amides is 1. The van der Waals surface area contributed by atoms with Gasteiger partial charge in [0.1, 0.15) is 11.9 Å². The molecular formula is C19H21BrN4O3. The number of halogens is 1. The van der Waals surface area contributed by atoms with Crippen molar-refractivity contribution < 1.29 is 14.3 Å². The summed E-state index contributed by atoms with van der Waals surface area (Å²) in [6, 6.07) is 3.31. The van der Waals surface area contributed by atoms with Gasteiger partial charge in [-0.1, -0.05) is 0 Å². The Kier molecular flexibility index (Phi) is 4.06. The second-order valence-corrected chi connectivity index (χ2v) is 8.66. The second-order valence-electron chi connectivity index (χ2n) is 7.87. The van der Waals surface area contributed by atoms with E-state index in [1.807, 2.05) is 25.3 Å². The second kappa shape index (κ2) is 6.09. The van der Waals surface area contributed by atoms with Gasteiger partial charge in [0.05, 0.1) is 27.5 Å². The van der Waals surface area contributed by atoms with E-state index in [0.717, 1.165) is 12.8 Å². The number of hydrogen-bond donors (Lipinski definition) is 1. The molecule has 142 valence electrons. The van der Waals surface area contributed by atoms with E-state index in [9.17, 15) is 9.59 Å². The van der Waals surface area contributed by atoms with Crippen LogP contribution >= 0.6 is 15.9 Å². The molecule has 4 rings (SSSR count). The summed E-state index contributed by atoms with van der Waals surface area (Å²) < 4.78 is 7.94. The fourth-order valence-electron chi connectivity index (χ4n) is 3.78. The van der Waals surface area contributed by atoms with Crippen molar-refractivity contribution in [1.29, 1.82) is 0 Å². The van der Waals surface area contributed by atoms with Crippen LogP contribution in [-0.4, -0.2) is 38.5 Å². The predicted molar refractivity (Wildman–Crippen MR) is 104 cm³/mol. The predicted octanol–water partition coefficient (Wildman–Crippen LogP) is 3.46. The van der Waals surface area contributed by atoms with Crippen LogP contribution in [0.5, 0.6) is 0 Å². The average molecular weight is 433 g/mol. The van der Waals surface area contributed by atoms with Crippen LogP contribution in [0.3, 0.4) is 0 Å². The Morgan fingerprint density at radius 3 is 2.81 bits per heavy atom. The Morgan fingerprint density at radius 2 is 2.11 bits per heavy atom. The Labute approximate surface area is 165 Å². The molecule has 0 saturated carbocycles. The molecule has 2 aliphatic rings. The fourth-order valence-corrected chi connectivity index (χ4v) is 4.28. The molecule has 0 radical (unpaired) electrons. The Hall–Kier alpha value is -2.35. The summed E-state index contributed by atoms with van der Waals surface area (Å²) in [6.07, 6.45) is 3.23. The molecule has 0 spiro atoms. The van der Waals surface area contributed by atoms with Crippen LogP contribution in [-0.2, 0) is 4.74 Å². The summed E-state index contributed by atoms with van der Waals surface area (Å²) in [5.41, 5.74) is 8.00. The zero-order valence-corrected chi connectivity index (χ0v) is 17.0. The number of rotatable bonds is 1. The number of imidazole rings is 1. The average Bonchev–Trinajstić information content (AvgIpc) is 3.19. The molecule has 1 amide bonds. The normalized spacial score (nSPS) is 18.6. The number of benzene rings is 1. The molecular weight excluding hydrogens is 412 g/mol. The minimum Gasteiger partial charge on any atom is -0.455 e. The minimum atomic E-state index is -0.626. The van der Waals surface area contributed by atoms with Gasteiger partial charge in [0.25, 0.3) is 5.91 Å². The van der Waals surface area contributed by atoms with E-state index < -0.39 is 11.6 Å². The number of aromatic nitrogens is 2. The van der Waals surface area contributed by atoms with Gasteiger partial charge in [-0.3, -0.25) is 9.36 Å². The Bertz CT molecular complexity index is 961. The van der Waals surface area contributed by atoms with E-state index in [-0.39, 0.29) is 17.6 Å². The molecule has 1 atom stereocenters. The van der Waals surface area contributed by atoms with Crippen molar-refractivity contribution in [3.05, 3.63) is 39.9 Å². The van der Waals surface area contributed by atoms with E-state index in [1.165, 1.54) is 0 Å². The standard InChI is InChI=1S/C19H21BrN4O3/c1-19(2,3)27-18(26)15-16-12-5-4-8-23(12)17(25)13-11(24(16)9-22-15)7-6-10(21)14(13)20/h6-7,9,12H,4-5,8,21H2,1-3H3/t12-/m0/s1. The van der Waals surface area contributed by atoms with E-state index >= 15 is 0 Å². The molecule has 2 N–H and O–H groups in total. The molecule has 1 saturated heterocycles. The van der Waals surface area contributed by atoms with Crippen molar-refractivity contribution in [2.24, 2.45) is 0 Å². The topological polar surface area (TPSA) is 90.5 Å². The highest BCUT2D eigenvalue weighted by atomic mass is 79.9. The van der Waals surface area contributed by atoms with Gasteiger partial charge < -0.3 is 15.4 Å². The first-order valence-corrected chi connectivity index (χ1v) is 9.68. The van der Waals surface area contributed by atoms with Gasteiger partial charge in [-0.2, -0.15) is 0 Å². The summed E-state index contributed by atoms with van der Waals surface area (Å²) >= 11 is 3.47. The lowest BCUT2D eigenvalue weighted by atomic mass is 10.1. The molecule has 8 heteroatoms. The first-order valence-electron chi connectivity index (χ1n) is 8.89. The smallest absolute Gasteiger partial charge is 0.359 e. The highest BCUT2D eigenvalue weighted by Crippen LogP contribution is 2.42. The van der Waals surface area contributed by atoms with Crippen LogP contribution in [0.2, 0.25) is 0 Å². The number of carbonyl (C=O) groups excluding carboxylic acids is 2. The lowest BCUT2D eigenvalue weighted by Gasteiger charge is -2.24. The molecule has 3 heterocycles. The molecule has 0 aliphatic carbocycles. The Balaban J connectivity index is 1.94. The highest BCUT2D eigenvalue weighted by molar-refractivity contribution is 9.10. The number of anilines is 1. The van der Waals surface area contributed by atoms with Crippen molar-refractivity contribution in [3.63, 3.8) is 0 Å². The highest BCUT2D eigenvalue weighted by Gasteiger charge is 2.41. The molecule has 2 aliphatic heterocycles. The van der Waals surface area contributed by atoms with E-state index in [0.29, 0.717) is 33.6 Å². The van der Waals surface area contributed by atoms with E-state index in [4.69, 9.17) is 10.5 Å². The summed E-state index contributed by atoms with van der Waals surface area (Å²) in [6.45, 7) is 6.09. The zero-order chi connectivity index (χ0) is 19.5. The summed E-state index contributed by atoms with van der Waals surface area (Å²) in [5, 5.41) is 0. The number of nitrogens with zero attached hydrogens (tertiary/aromatic N) is 3. The SMILES string of the molecule is CC(C)(C)OC(=O)c1ncn2c1[C@@H]1CCCN1C(=O)c1c-2ccc(N)c1Br. The van der Waals surface area contributed by atoms with Crippen molar-refractivity contribution in [2.75, 3.05) is 12.3 Å². The van der Waals surface area contributed by atoms with Crippen molar-refractivity contribution >= 4 is 33.5 Å². The molecule has 1 aromatic heterocycles. The number of nitrogens with two attached hydrogens (primary N) is 1. The third-order valence-corrected chi connectivity index (χ3v) is 5.70. The van der Waals surface area contributed by atoms with Crippen LogP contribution in [0.15, 0.2) is 22.9 Å². The van der Waals surface area contributed by atoms with Crippen LogP contribution in [0.25, 0.3) is 5.69 Å². The van der Waals surface area contributed by atoms with Crippen molar-refractivity contribution in [1.82, 2.24) is 14.5 Å².